The molecule has 0 aliphatic heterocycles. The highest BCUT2D eigenvalue weighted by atomic mass is 19.4. The van der Waals surface area contributed by atoms with Crippen molar-refractivity contribution in [1.82, 2.24) is 10.1 Å². The van der Waals surface area contributed by atoms with Crippen LogP contribution in [-0.4, -0.2) is 23.2 Å². The summed E-state index contributed by atoms with van der Waals surface area (Å²) in [6, 6.07) is 9.56. The molecule has 29 heavy (non-hydrogen) atoms. The van der Waals surface area contributed by atoms with Crippen molar-refractivity contribution in [3.05, 3.63) is 53.9 Å². The first kappa shape index (κ1) is 20.2. The summed E-state index contributed by atoms with van der Waals surface area (Å²) in [5.74, 6) is 0.738. The molecule has 0 aliphatic rings. The van der Waals surface area contributed by atoms with E-state index in [1.165, 1.54) is 26.2 Å². The molecule has 3 rings (SSSR count). The molecule has 2 N–H and O–H groups in total. The number of halogens is 3. The Balaban J connectivity index is 1.71. The summed E-state index contributed by atoms with van der Waals surface area (Å²) in [6.07, 6.45) is -4.41. The lowest BCUT2D eigenvalue weighted by Crippen LogP contribution is -2.07. The molecule has 0 saturated heterocycles. The third-order valence-electron chi connectivity index (χ3n) is 3.89. The number of nitrogens with one attached hydrogen (secondary N) is 2. The molecule has 0 radical (unpaired) electrons. The molecule has 0 atom stereocenters. The van der Waals surface area contributed by atoms with Gasteiger partial charge in [0.2, 0.25) is 17.6 Å². The van der Waals surface area contributed by atoms with Crippen LogP contribution in [0.25, 0.3) is 11.4 Å². The molecule has 152 valence electrons. The van der Waals surface area contributed by atoms with Gasteiger partial charge < -0.3 is 19.9 Å². The highest BCUT2D eigenvalue weighted by molar-refractivity contribution is 5.89. The van der Waals surface area contributed by atoms with Crippen molar-refractivity contribution < 1.29 is 27.2 Å². The van der Waals surface area contributed by atoms with Crippen LogP contribution in [0.4, 0.5) is 24.5 Å². The predicted molar refractivity (Wildman–Crippen MR) is 99.4 cm³/mol. The first-order valence-corrected chi connectivity index (χ1v) is 8.46. The van der Waals surface area contributed by atoms with Crippen LogP contribution < -0.4 is 15.4 Å². The Bertz CT molecular complexity index is 1000. The molecule has 10 heteroatoms. The summed E-state index contributed by atoms with van der Waals surface area (Å²) in [4.78, 5) is 15.4. The van der Waals surface area contributed by atoms with Gasteiger partial charge in [0, 0.05) is 18.2 Å². The van der Waals surface area contributed by atoms with E-state index >= 15 is 0 Å². The van der Waals surface area contributed by atoms with Gasteiger partial charge in [0.05, 0.1) is 24.9 Å². The number of rotatable bonds is 6. The maximum absolute atomic E-state index is 12.7. The van der Waals surface area contributed by atoms with Crippen molar-refractivity contribution in [1.29, 1.82) is 0 Å². The zero-order valence-electron chi connectivity index (χ0n) is 15.5. The quantitative estimate of drug-likeness (QED) is 0.633. The van der Waals surface area contributed by atoms with Gasteiger partial charge in [-0.05, 0) is 30.3 Å². The number of benzene rings is 2. The SMILES string of the molecule is COc1ccc(NC(C)=O)cc1NCc1nc(-c2ccc(C(F)(F)F)cc2)no1. The lowest BCUT2D eigenvalue weighted by Gasteiger charge is -2.12. The lowest BCUT2D eigenvalue weighted by atomic mass is 10.1. The Morgan fingerprint density at radius 2 is 1.90 bits per heavy atom. The number of amides is 1. The minimum atomic E-state index is -4.41. The second kappa shape index (κ2) is 8.21. The Labute approximate surface area is 163 Å². The summed E-state index contributed by atoms with van der Waals surface area (Å²) in [5, 5.41) is 9.53. The Kier molecular flexibility index (Phi) is 5.71. The third kappa shape index (κ3) is 5.03. The van der Waals surface area contributed by atoms with Crippen LogP contribution in [0, 0.1) is 0 Å². The van der Waals surface area contributed by atoms with Gasteiger partial charge in [0.15, 0.2) is 0 Å². The van der Waals surface area contributed by atoms with Gasteiger partial charge in [0.25, 0.3) is 0 Å². The van der Waals surface area contributed by atoms with Crippen molar-refractivity contribution in [3.63, 3.8) is 0 Å². The maximum Gasteiger partial charge on any atom is 0.416 e. The summed E-state index contributed by atoms with van der Waals surface area (Å²) in [6.45, 7) is 1.55. The number of methoxy groups -OCH3 is 1. The van der Waals surface area contributed by atoms with E-state index < -0.39 is 11.7 Å². The van der Waals surface area contributed by atoms with Crippen molar-refractivity contribution in [2.45, 2.75) is 19.6 Å². The highest BCUT2D eigenvalue weighted by Crippen LogP contribution is 2.31. The molecule has 1 aromatic heterocycles. The zero-order chi connectivity index (χ0) is 21.0. The van der Waals surface area contributed by atoms with Crippen molar-refractivity contribution in [2.24, 2.45) is 0 Å². The number of carbonyl (C=O) groups excluding carboxylic acids is 1. The van der Waals surface area contributed by atoms with Crippen LogP contribution in [0.1, 0.15) is 18.4 Å². The van der Waals surface area contributed by atoms with Crippen molar-refractivity contribution in [2.75, 3.05) is 17.7 Å². The molecule has 7 nitrogen and oxygen atoms in total. The standard InChI is InChI=1S/C19H17F3N4O3/c1-11(27)24-14-7-8-16(28-2)15(9-14)23-10-17-25-18(26-29-17)12-3-5-13(6-4-12)19(20,21)22/h3-9,23H,10H2,1-2H3,(H,24,27). The van der Waals surface area contributed by atoms with E-state index in [2.05, 4.69) is 20.8 Å². The molecule has 2 aromatic carbocycles. The number of nitrogens with zero attached hydrogens (tertiary/aromatic N) is 2. The van der Waals surface area contributed by atoms with E-state index in [1.54, 1.807) is 18.2 Å². The van der Waals surface area contributed by atoms with Crippen LogP contribution in [-0.2, 0) is 17.5 Å². The van der Waals surface area contributed by atoms with E-state index in [4.69, 9.17) is 9.26 Å². The summed E-state index contributed by atoms with van der Waals surface area (Å²) in [5.41, 5.74) is 0.820. The molecule has 0 fully saturated rings. The van der Waals surface area contributed by atoms with E-state index in [0.717, 1.165) is 12.1 Å². The Morgan fingerprint density at radius 3 is 2.52 bits per heavy atom. The number of alkyl halides is 3. The van der Waals surface area contributed by atoms with Crippen LogP contribution in [0.15, 0.2) is 47.0 Å². The molecular formula is C19H17F3N4O3. The smallest absolute Gasteiger partial charge is 0.416 e. The van der Waals surface area contributed by atoms with E-state index in [0.29, 0.717) is 22.7 Å². The predicted octanol–water partition coefficient (Wildman–Crippen LogP) is 4.33. The van der Waals surface area contributed by atoms with Crippen LogP contribution in [0.3, 0.4) is 0 Å². The fourth-order valence-corrected chi connectivity index (χ4v) is 2.55. The Morgan fingerprint density at radius 1 is 1.17 bits per heavy atom. The van der Waals surface area contributed by atoms with Gasteiger partial charge in [-0.3, -0.25) is 4.79 Å². The number of aromatic nitrogens is 2. The average molecular weight is 406 g/mol. The maximum atomic E-state index is 12.7. The second-order valence-corrected chi connectivity index (χ2v) is 6.04. The van der Waals surface area contributed by atoms with Crippen LogP contribution >= 0.6 is 0 Å². The van der Waals surface area contributed by atoms with Crippen LogP contribution in [0.5, 0.6) is 5.75 Å². The van der Waals surface area contributed by atoms with E-state index in [-0.39, 0.29) is 24.2 Å². The molecule has 0 unspecified atom stereocenters. The largest absolute Gasteiger partial charge is 0.495 e. The van der Waals surface area contributed by atoms with Gasteiger partial charge >= 0.3 is 6.18 Å². The number of carbonyl (C=O) groups is 1. The summed E-state index contributed by atoms with van der Waals surface area (Å²) < 4.78 is 48.4. The number of hydrogen-bond donors (Lipinski definition) is 2. The normalized spacial score (nSPS) is 11.2. The van der Waals surface area contributed by atoms with Gasteiger partial charge in [-0.1, -0.05) is 17.3 Å². The molecular weight excluding hydrogens is 389 g/mol. The second-order valence-electron chi connectivity index (χ2n) is 6.04. The van der Waals surface area contributed by atoms with Gasteiger partial charge in [-0.25, -0.2) is 0 Å². The molecule has 1 heterocycles. The minimum Gasteiger partial charge on any atom is -0.495 e. The summed E-state index contributed by atoms with van der Waals surface area (Å²) in [7, 11) is 1.51. The molecule has 3 aromatic rings. The van der Waals surface area contributed by atoms with Crippen molar-refractivity contribution in [3.8, 4) is 17.1 Å². The molecule has 0 bridgehead atoms. The molecule has 0 aliphatic carbocycles. The number of anilines is 2. The van der Waals surface area contributed by atoms with Crippen LogP contribution in [0.2, 0.25) is 0 Å². The number of ether oxygens (including phenoxy) is 1. The fraction of sp³-hybridized carbons (Fsp3) is 0.211. The monoisotopic (exact) mass is 406 g/mol. The Hall–Kier alpha value is -3.56. The molecule has 0 saturated carbocycles. The average Bonchev–Trinajstić information content (AvgIpc) is 3.14. The van der Waals surface area contributed by atoms with E-state index in [9.17, 15) is 18.0 Å². The highest BCUT2D eigenvalue weighted by Gasteiger charge is 2.30. The topological polar surface area (TPSA) is 89.3 Å². The van der Waals surface area contributed by atoms with E-state index in [1.807, 2.05) is 0 Å². The van der Waals surface area contributed by atoms with Gasteiger partial charge in [0.1, 0.15) is 5.75 Å². The first-order valence-electron chi connectivity index (χ1n) is 8.46. The zero-order valence-corrected chi connectivity index (χ0v) is 15.5. The van der Waals surface area contributed by atoms with Gasteiger partial charge in [-0.15, -0.1) is 0 Å². The molecule has 1 amide bonds. The number of hydrogen-bond acceptors (Lipinski definition) is 6. The lowest BCUT2D eigenvalue weighted by molar-refractivity contribution is -0.137. The molecule has 0 spiro atoms. The first-order chi connectivity index (χ1) is 13.8. The fourth-order valence-electron chi connectivity index (χ4n) is 2.55. The van der Waals surface area contributed by atoms with Gasteiger partial charge in [-0.2, -0.15) is 18.2 Å². The summed E-state index contributed by atoms with van der Waals surface area (Å²) >= 11 is 0. The van der Waals surface area contributed by atoms with Crippen molar-refractivity contribution >= 4 is 17.3 Å². The third-order valence-corrected chi connectivity index (χ3v) is 3.89. The minimum absolute atomic E-state index is 0.146.